The van der Waals surface area contributed by atoms with Crippen molar-refractivity contribution in [3.63, 3.8) is 0 Å². The highest BCUT2D eigenvalue weighted by molar-refractivity contribution is 6.04. The average Bonchev–Trinajstić information content (AvgIpc) is 3.15. The van der Waals surface area contributed by atoms with Crippen molar-refractivity contribution in [2.75, 3.05) is 18.7 Å². The monoisotopic (exact) mass is 397 g/mol. The first kappa shape index (κ1) is 20.9. The second kappa shape index (κ2) is 9.09. The molecule has 1 aliphatic heterocycles. The quantitative estimate of drug-likeness (QED) is 0.671. The number of ether oxygens (including phenoxy) is 2. The molecule has 6 heteroatoms. The Hall–Kier alpha value is -2.86. The molecule has 1 amide bonds. The molecule has 0 unspecified atom stereocenters. The highest BCUT2D eigenvalue weighted by Crippen LogP contribution is 2.37. The topological polar surface area (TPSA) is 81.2 Å². The number of carbonyl (C=O) groups excluding carboxylic acids is 2. The summed E-state index contributed by atoms with van der Waals surface area (Å²) in [7, 11) is 0. The van der Waals surface area contributed by atoms with Gasteiger partial charge in [0.25, 0.3) is 5.91 Å². The Morgan fingerprint density at radius 1 is 1.10 bits per heavy atom. The molecular formula is C23H29N2O4+. The Labute approximate surface area is 171 Å². The molecule has 1 atom stereocenters. The van der Waals surface area contributed by atoms with Crippen molar-refractivity contribution in [3.05, 3.63) is 53.1 Å². The van der Waals surface area contributed by atoms with Crippen LogP contribution in [-0.4, -0.2) is 25.0 Å². The predicted molar refractivity (Wildman–Crippen MR) is 111 cm³/mol. The average molecular weight is 397 g/mol. The van der Waals surface area contributed by atoms with Gasteiger partial charge in [-0.2, -0.15) is 0 Å². The number of nitrogens with two attached hydrogens (primary N) is 1. The van der Waals surface area contributed by atoms with Crippen molar-refractivity contribution in [2.45, 2.75) is 40.2 Å². The summed E-state index contributed by atoms with van der Waals surface area (Å²) >= 11 is 0. The maximum absolute atomic E-state index is 12.6. The van der Waals surface area contributed by atoms with E-state index in [2.05, 4.69) is 50.4 Å². The summed E-state index contributed by atoms with van der Waals surface area (Å²) in [6.45, 7) is 8.27. The van der Waals surface area contributed by atoms with Gasteiger partial charge in [-0.3, -0.25) is 9.59 Å². The van der Waals surface area contributed by atoms with Crippen LogP contribution >= 0.6 is 0 Å². The standard InChI is InChI=1S/C23H28N2O4/c1-5-16-6-8-17(9-7-16)23(14(2)3)24-12-22(27)25-19-11-21-20(28-13-29-21)10-18(19)15(4)26/h6-11,14,23-24H,5,12-13H2,1-4H3,(H,25,27)/p+1/t23-/m0/s1. The number of hydrogen-bond donors (Lipinski definition) is 2. The normalized spacial score (nSPS) is 13.4. The fourth-order valence-corrected chi connectivity index (χ4v) is 3.54. The minimum absolute atomic E-state index is 0.116. The van der Waals surface area contributed by atoms with Crippen LogP contribution in [0.3, 0.4) is 0 Å². The van der Waals surface area contributed by atoms with E-state index in [-0.39, 0.29) is 31.1 Å². The van der Waals surface area contributed by atoms with Gasteiger partial charge in [0.05, 0.1) is 5.69 Å². The second-order valence-electron chi connectivity index (χ2n) is 7.66. The number of fused-ring (bicyclic) bond motifs is 1. The van der Waals surface area contributed by atoms with Crippen molar-refractivity contribution >= 4 is 17.4 Å². The minimum atomic E-state index is -0.165. The van der Waals surface area contributed by atoms with E-state index in [0.717, 1.165) is 6.42 Å². The third kappa shape index (κ3) is 4.95. The first-order chi connectivity index (χ1) is 13.9. The molecule has 29 heavy (non-hydrogen) atoms. The number of nitrogens with one attached hydrogen (secondary N) is 1. The molecular weight excluding hydrogens is 368 g/mol. The summed E-state index contributed by atoms with van der Waals surface area (Å²) < 4.78 is 10.7. The highest BCUT2D eigenvalue weighted by atomic mass is 16.7. The van der Waals surface area contributed by atoms with E-state index >= 15 is 0 Å². The molecule has 6 nitrogen and oxygen atoms in total. The fraction of sp³-hybridized carbons (Fsp3) is 0.391. The van der Waals surface area contributed by atoms with E-state index in [1.165, 1.54) is 18.1 Å². The van der Waals surface area contributed by atoms with Crippen molar-refractivity contribution in [1.82, 2.24) is 0 Å². The molecule has 0 spiro atoms. The summed E-state index contributed by atoms with van der Waals surface area (Å²) in [6.07, 6.45) is 1.01. The largest absolute Gasteiger partial charge is 0.454 e. The van der Waals surface area contributed by atoms with Gasteiger partial charge in [-0.25, -0.2) is 0 Å². The second-order valence-corrected chi connectivity index (χ2v) is 7.66. The lowest BCUT2D eigenvalue weighted by molar-refractivity contribution is -0.692. The lowest BCUT2D eigenvalue weighted by atomic mass is 9.95. The maximum Gasteiger partial charge on any atom is 0.279 e. The SMILES string of the molecule is CCc1ccc([C@@H]([NH2+]CC(=O)Nc2cc3c(cc2C(C)=O)OCO3)C(C)C)cc1. The van der Waals surface area contributed by atoms with Crippen LogP contribution in [0.2, 0.25) is 0 Å². The van der Waals surface area contributed by atoms with Crippen LogP contribution < -0.4 is 20.1 Å². The molecule has 154 valence electrons. The number of Topliss-reactive ketones (excluding diaryl/α,β-unsaturated/α-hetero) is 1. The Bertz CT molecular complexity index is 890. The molecule has 0 aliphatic carbocycles. The lowest BCUT2D eigenvalue weighted by Crippen LogP contribution is -2.88. The van der Waals surface area contributed by atoms with Gasteiger partial charge in [-0.1, -0.05) is 45.0 Å². The van der Waals surface area contributed by atoms with Crippen molar-refractivity contribution in [1.29, 1.82) is 0 Å². The maximum atomic E-state index is 12.6. The minimum Gasteiger partial charge on any atom is -0.454 e. The summed E-state index contributed by atoms with van der Waals surface area (Å²) in [4.78, 5) is 24.6. The lowest BCUT2D eigenvalue weighted by Gasteiger charge is -2.20. The van der Waals surface area contributed by atoms with Gasteiger partial charge in [-0.15, -0.1) is 0 Å². The van der Waals surface area contributed by atoms with Crippen LogP contribution in [0.4, 0.5) is 5.69 Å². The van der Waals surface area contributed by atoms with Crippen LogP contribution in [0.5, 0.6) is 11.5 Å². The first-order valence-corrected chi connectivity index (χ1v) is 10.1. The van der Waals surface area contributed by atoms with E-state index in [1.807, 2.05) is 5.32 Å². The van der Waals surface area contributed by atoms with E-state index in [4.69, 9.17) is 9.47 Å². The summed E-state index contributed by atoms with van der Waals surface area (Å²) in [5, 5.41) is 4.90. The van der Waals surface area contributed by atoms with Gasteiger partial charge >= 0.3 is 0 Å². The van der Waals surface area contributed by atoms with Gasteiger partial charge in [0.1, 0.15) is 6.04 Å². The number of rotatable bonds is 8. The number of anilines is 1. The van der Waals surface area contributed by atoms with E-state index in [9.17, 15) is 9.59 Å². The van der Waals surface area contributed by atoms with Gasteiger partial charge in [-0.05, 0) is 25.0 Å². The van der Waals surface area contributed by atoms with Gasteiger partial charge < -0.3 is 20.1 Å². The highest BCUT2D eigenvalue weighted by Gasteiger charge is 2.23. The molecule has 1 heterocycles. The smallest absolute Gasteiger partial charge is 0.279 e. The van der Waals surface area contributed by atoms with Crippen molar-refractivity contribution in [2.24, 2.45) is 5.92 Å². The summed E-state index contributed by atoms with van der Waals surface area (Å²) in [6, 6.07) is 12.0. The van der Waals surface area contributed by atoms with Crippen molar-refractivity contribution in [3.8, 4) is 11.5 Å². The van der Waals surface area contributed by atoms with Crippen LogP contribution in [0.15, 0.2) is 36.4 Å². The number of hydrogen-bond acceptors (Lipinski definition) is 4. The van der Waals surface area contributed by atoms with Gasteiger partial charge in [0, 0.05) is 23.1 Å². The summed E-state index contributed by atoms with van der Waals surface area (Å²) in [5.41, 5.74) is 3.37. The number of aryl methyl sites for hydroxylation is 1. The Morgan fingerprint density at radius 3 is 2.34 bits per heavy atom. The predicted octanol–water partition coefficient (Wildman–Crippen LogP) is 3.08. The third-order valence-electron chi connectivity index (χ3n) is 5.21. The first-order valence-electron chi connectivity index (χ1n) is 10.1. The Kier molecular flexibility index (Phi) is 6.54. The molecule has 1 aliphatic rings. The van der Waals surface area contributed by atoms with Gasteiger partial charge in [0.2, 0.25) is 6.79 Å². The van der Waals surface area contributed by atoms with Crippen LogP contribution in [0, 0.1) is 5.92 Å². The van der Waals surface area contributed by atoms with E-state index in [1.54, 1.807) is 12.1 Å². The molecule has 3 N–H and O–H groups in total. The number of carbonyl (C=O) groups is 2. The molecule has 0 aromatic heterocycles. The molecule has 0 bridgehead atoms. The van der Waals surface area contributed by atoms with E-state index in [0.29, 0.717) is 28.7 Å². The van der Waals surface area contributed by atoms with Crippen molar-refractivity contribution < 1.29 is 24.4 Å². The fourth-order valence-electron chi connectivity index (χ4n) is 3.54. The summed E-state index contributed by atoms with van der Waals surface area (Å²) in [5.74, 6) is 1.12. The zero-order valence-electron chi connectivity index (χ0n) is 17.5. The molecule has 3 rings (SSSR count). The number of quaternary nitrogens is 1. The van der Waals surface area contributed by atoms with E-state index < -0.39 is 0 Å². The molecule has 0 radical (unpaired) electrons. The van der Waals surface area contributed by atoms with Crippen LogP contribution in [0.25, 0.3) is 0 Å². The van der Waals surface area contributed by atoms with Gasteiger partial charge in [0.15, 0.2) is 23.8 Å². The zero-order chi connectivity index (χ0) is 21.0. The molecule has 0 fully saturated rings. The Balaban J connectivity index is 1.69. The number of ketones is 1. The third-order valence-corrected chi connectivity index (χ3v) is 5.21. The molecule has 2 aromatic rings. The van der Waals surface area contributed by atoms with Crippen LogP contribution in [0.1, 0.15) is 55.2 Å². The molecule has 0 saturated heterocycles. The zero-order valence-corrected chi connectivity index (χ0v) is 17.5. The number of benzene rings is 2. The molecule has 2 aromatic carbocycles. The molecule has 0 saturated carbocycles. The number of amides is 1. The van der Waals surface area contributed by atoms with Crippen LogP contribution in [-0.2, 0) is 11.2 Å². The Morgan fingerprint density at radius 2 is 1.76 bits per heavy atom.